The standard InChI is InChI=1S/C12H23O.C2H5NO2.Na/c1-2-3-4-5-6-7-8-9-10-11-12-13;3-1-2(4)5;/h2-11H2,1H3;1,3H2,(H,4,5);. The average Bonchev–Trinajstić information content (AvgIpc) is 2.37. The first-order valence-electron chi connectivity index (χ1n) is 7.45. The fourth-order valence-electron chi connectivity index (χ4n) is 1.68. The van der Waals surface area contributed by atoms with Crippen molar-refractivity contribution < 1.29 is 14.7 Å². The van der Waals surface area contributed by atoms with Gasteiger partial charge in [-0.3, -0.25) is 4.79 Å². The van der Waals surface area contributed by atoms with Crippen molar-refractivity contribution in [2.24, 2.45) is 5.73 Å². The number of carbonyl (C=O) groups excluding carboxylic acids is 1. The summed E-state index contributed by atoms with van der Waals surface area (Å²) in [7, 11) is 0. The predicted molar refractivity (Wildman–Crippen MR) is 79.3 cm³/mol. The summed E-state index contributed by atoms with van der Waals surface area (Å²) < 4.78 is 0.480. The van der Waals surface area contributed by atoms with Gasteiger partial charge < -0.3 is 10.8 Å². The van der Waals surface area contributed by atoms with E-state index < -0.39 is 5.97 Å². The first kappa shape index (κ1) is 21.4. The smallest absolute Gasteiger partial charge is 0.317 e. The van der Waals surface area contributed by atoms with Crippen LogP contribution in [0, 0.1) is 0 Å². The quantitative estimate of drug-likeness (QED) is 0.450. The third kappa shape index (κ3) is 27.3. The molecule has 0 saturated carbocycles. The van der Waals surface area contributed by atoms with E-state index in [9.17, 15) is 9.59 Å². The van der Waals surface area contributed by atoms with Gasteiger partial charge in [-0.05, 0) is 0 Å². The van der Waals surface area contributed by atoms with Gasteiger partial charge in [0.1, 0.15) is 0 Å². The van der Waals surface area contributed by atoms with Crippen molar-refractivity contribution in [3.05, 3.63) is 0 Å². The SMILES string of the molecule is CCCCCCCCCCC[C](=O)[Na].NCC(=O)O. The molecule has 0 aromatic carbocycles. The van der Waals surface area contributed by atoms with E-state index in [0.29, 0.717) is 3.03 Å². The molecule has 5 heteroatoms. The topological polar surface area (TPSA) is 80.4 Å². The number of aliphatic carboxylic acids is 1. The van der Waals surface area contributed by atoms with Crippen LogP contribution in [0.3, 0.4) is 0 Å². The fourth-order valence-corrected chi connectivity index (χ4v) is 2.04. The van der Waals surface area contributed by atoms with Crippen molar-refractivity contribution in [2.75, 3.05) is 6.54 Å². The Hall–Kier alpha value is 0.1000. The summed E-state index contributed by atoms with van der Waals surface area (Å²) in [5.41, 5.74) is 4.57. The molecule has 0 fully saturated rings. The van der Waals surface area contributed by atoms with Crippen molar-refractivity contribution in [2.45, 2.75) is 71.1 Å². The van der Waals surface area contributed by atoms with E-state index >= 15 is 0 Å². The van der Waals surface area contributed by atoms with Crippen LogP contribution in [0.25, 0.3) is 0 Å². The molecule has 0 rings (SSSR count). The molecular weight excluding hydrogens is 253 g/mol. The third-order valence-electron chi connectivity index (χ3n) is 2.81. The summed E-state index contributed by atoms with van der Waals surface area (Å²) in [5.74, 6) is -0.968. The second-order valence-corrected chi connectivity index (χ2v) is 5.99. The molecule has 3 N–H and O–H groups in total. The molecule has 0 aromatic rings. The maximum Gasteiger partial charge on any atom is 0.317 e. The van der Waals surface area contributed by atoms with Crippen LogP contribution in [-0.4, -0.2) is 48.6 Å². The average molecular weight is 281 g/mol. The minimum atomic E-state index is -0.968. The summed E-state index contributed by atoms with van der Waals surface area (Å²) in [6.07, 6.45) is 12.9. The molecule has 0 bridgehead atoms. The van der Waals surface area contributed by atoms with Crippen molar-refractivity contribution in [1.29, 1.82) is 0 Å². The monoisotopic (exact) mass is 281 g/mol. The molecule has 4 nitrogen and oxygen atoms in total. The van der Waals surface area contributed by atoms with Gasteiger partial charge in [0.2, 0.25) is 0 Å². The van der Waals surface area contributed by atoms with Crippen LogP contribution < -0.4 is 5.73 Å². The zero-order valence-corrected chi connectivity index (χ0v) is 14.6. The van der Waals surface area contributed by atoms with E-state index in [1.165, 1.54) is 51.4 Å². The fraction of sp³-hybridized carbons (Fsp3) is 0.857. The largest absolute Gasteiger partial charge is 0.480 e. The number of rotatable bonds is 11. The second kappa shape index (κ2) is 18.1. The van der Waals surface area contributed by atoms with E-state index in [4.69, 9.17) is 5.11 Å². The molecule has 0 heterocycles. The summed E-state index contributed by atoms with van der Waals surface area (Å²) in [5, 5.41) is 7.60. The van der Waals surface area contributed by atoms with Gasteiger partial charge in [0.05, 0.1) is 6.54 Å². The molecule has 0 atom stereocenters. The summed E-state index contributed by atoms with van der Waals surface area (Å²) >= 11 is 0.751. The Morgan fingerprint density at radius 3 is 1.63 bits per heavy atom. The first-order chi connectivity index (χ1) is 9.04. The zero-order valence-electron chi connectivity index (χ0n) is 12.6. The predicted octanol–water partition coefficient (Wildman–Crippen LogP) is 2.63. The zero-order chi connectivity index (χ0) is 14.9. The maximum absolute atomic E-state index is 10.7. The Bertz CT molecular complexity index is 223. The number of hydrogen-bond acceptors (Lipinski definition) is 3. The summed E-state index contributed by atoms with van der Waals surface area (Å²) in [6, 6.07) is 0. The van der Waals surface area contributed by atoms with E-state index in [1.54, 1.807) is 0 Å². The van der Waals surface area contributed by atoms with Crippen LogP contribution in [0.2, 0.25) is 0 Å². The number of unbranched alkanes of at least 4 members (excludes halogenated alkanes) is 8. The number of hydrogen-bond donors (Lipinski definition) is 2. The minimum Gasteiger partial charge on any atom is -0.480 e. The molecule has 0 spiro atoms. The normalized spacial score (nSPS) is 9.68. The Labute approximate surface area is 134 Å². The summed E-state index contributed by atoms with van der Waals surface area (Å²) in [4.78, 5) is 20.0. The summed E-state index contributed by atoms with van der Waals surface area (Å²) in [6.45, 7) is 1.98. The van der Waals surface area contributed by atoms with Crippen molar-refractivity contribution >= 4 is 36.9 Å². The van der Waals surface area contributed by atoms with E-state index in [2.05, 4.69) is 12.7 Å². The van der Waals surface area contributed by atoms with Gasteiger partial charge in [-0.25, -0.2) is 0 Å². The molecule has 0 radical (unpaired) electrons. The van der Waals surface area contributed by atoms with Crippen molar-refractivity contribution in [3.8, 4) is 0 Å². The van der Waals surface area contributed by atoms with Crippen LogP contribution in [-0.2, 0) is 9.59 Å². The number of carboxylic acids is 1. The third-order valence-corrected chi connectivity index (χ3v) is 3.31. The van der Waals surface area contributed by atoms with E-state index in [0.717, 1.165) is 40.8 Å². The molecule has 0 unspecified atom stereocenters. The van der Waals surface area contributed by atoms with Crippen LogP contribution in [0.15, 0.2) is 0 Å². The number of carbonyl (C=O) groups is 2. The molecule has 108 valence electrons. The number of nitrogens with two attached hydrogens (primary N) is 1. The van der Waals surface area contributed by atoms with Crippen molar-refractivity contribution in [1.82, 2.24) is 0 Å². The van der Waals surface area contributed by atoms with Crippen molar-refractivity contribution in [3.63, 3.8) is 0 Å². The Morgan fingerprint density at radius 1 is 0.947 bits per heavy atom. The van der Waals surface area contributed by atoms with Gasteiger partial charge in [-0.1, -0.05) is 0 Å². The Morgan fingerprint density at radius 2 is 1.32 bits per heavy atom. The molecule has 0 aliphatic carbocycles. The molecule has 0 amide bonds. The minimum absolute atomic E-state index is 0.278. The maximum atomic E-state index is 10.7. The van der Waals surface area contributed by atoms with Gasteiger partial charge in [0.15, 0.2) is 0 Å². The molecular formula is C14H28NNaO3. The Balaban J connectivity index is 0. The van der Waals surface area contributed by atoms with Crippen LogP contribution in [0.5, 0.6) is 0 Å². The first-order valence-corrected chi connectivity index (χ1v) is 8.45. The molecule has 0 saturated heterocycles. The molecule has 19 heavy (non-hydrogen) atoms. The van der Waals surface area contributed by atoms with Gasteiger partial charge in [0, 0.05) is 0 Å². The molecule has 0 aliphatic rings. The van der Waals surface area contributed by atoms with E-state index in [-0.39, 0.29) is 6.54 Å². The van der Waals surface area contributed by atoms with Gasteiger partial charge >= 0.3 is 113 Å². The number of carboxylic acid groups (broad SMARTS) is 1. The second-order valence-electron chi connectivity index (χ2n) is 4.88. The van der Waals surface area contributed by atoms with Crippen LogP contribution in [0.4, 0.5) is 0 Å². The Kier molecular flexibility index (Phi) is 20.4. The van der Waals surface area contributed by atoms with Gasteiger partial charge in [-0.2, -0.15) is 0 Å². The van der Waals surface area contributed by atoms with Gasteiger partial charge in [0.25, 0.3) is 0 Å². The van der Waals surface area contributed by atoms with Gasteiger partial charge in [-0.15, -0.1) is 0 Å². The molecule has 0 aliphatic heterocycles. The van der Waals surface area contributed by atoms with Crippen LogP contribution >= 0.6 is 0 Å². The van der Waals surface area contributed by atoms with Crippen LogP contribution in [0.1, 0.15) is 71.1 Å². The van der Waals surface area contributed by atoms with E-state index in [1.807, 2.05) is 0 Å². The molecule has 0 aromatic heterocycles.